The number of ether oxygens (including phenoxy) is 1. The second-order valence-electron chi connectivity index (χ2n) is 7.59. The van der Waals surface area contributed by atoms with E-state index in [1.54, 1.807) is 13.0 Å². The van der Waals surface area contributed by atoms with Gasteiger partial charge in [-0.15, -0.1) is 0 Å². The molecule has 26 heavy (non-hydrogen) atoms. The van der Waals surface area contributed by atoms with Crippen LogP contribution in [0.2, 0.25) is 0 Å². The first-order valence-electron chi connectivity index (χ1n) is 9.10. The first-order chi connectivity index (χ1) is 12.2. The zero-order chi connectivity index (χ0) is 19.3. The number of para-hydroxylation sites is 1. The molecule has 2 amide bonds. The fraction of sp³-hybridized carbons (Fsp3) is 0.550. The number of likely N-dealkylation sites (tertiary alicyclic amines) is 1. The smallest absolute Gasteiger partial charge is 0.313 e. The summed E-state index contributed by atoms with van der Waals surface area (Å²) in [5, 5.41) is 2.74. The predicted molar refractivity (Wildman–Crippen MR) is 99.7 cm³/mol. The summed E-state index contributed by atoms with van der Waals surface area (Å²) in [7, 11) is 0. The molecule has 0 bridgehead atoms. The van der Waals surface area contributed by atoms with Gasteiger partial charge in [-0.3, -0.25) is 14.4 Å². The Kier molecular flexibility index (Phi) is 6.40. The molecule has 1 aromatic carbocycles. The van der Waals surface area contributed by atoms with E-state index >= 15 is 0 Å². The van der Waals surface area contributed by atoms with Gasteiger partial charge in [-0.25, -0.2) is 0 Å². The number of carbonyl (C=O) groups is 3. The number of hydrogen-bond donors (Lipinski definition) is 1. The number of nitrogens with zero attached hydrogens (tertiary/aromatic N) is 1. The zero-order valence-corrected chi connectivity index (χ0v) is 16.0. The number of hydrogen-bond acceptors (Lipinski definition) is 4. The molecule has 0 saturated carbocycles. The minimum Gasteiger partial charge on any atom is -0.466 e. The second-order valence-corrected chi connectivity index (χ2v) is 7.59. The molecule has 1 unspecified atom stereocenters. The number of benzene rings is 1. The van der Waals surface area contributed by atoms with E-state index in [2.05, 4.69) is 5.32 Å². The van der Waals surface area contributed by atoms with Crippen LogP contribution in [0.1, 0.15) is 46.1 Å². The second kappa shape index (κ2) is 8.34. The van der Waals surface area contributed by atoms with Crippen LogP contribution in [0.15, 0.2) is 24.3 Å². The van der Waals surface area contributed by atoms with Crippen LogP contribution in [0.4, 0.5) is 5.69 Å². The van der Waals surface area contributed by atoms with Crippen molar-refractivity contribution in [3.63, 3.8) is 0 Å². The van der Waals surface area contributed by atoms with Crippen LogP contribution in [0.25, 0.3) is 0 Å². The zero-order valence-electron chi connectivity index (χ0n) is 16.0. The Bertz CT molecular complexity index is 679. The molecule has 1 N–H and O–H groups in total. The number of carbonyl (C=O) groups excluding carboxylic acids is 3. The molecule has 1 saturated heterocycles. The summed E-state index contributed by atoms with van der Waals surface area (Å²) in [6.45, 7) is 8.92. The van der Waals surface area contributed by atoms with Crippen molar-refractivity contribution in [2.24, 2.45) is 5.92 Å². The Labute approximate surface area is 154 Å². The summed E-state index contributed by atoms with van der Waals surface area (Å²) in [6.07, 6.45) is 1.36. The lowest BCUT2D eigenvalue weighted by Gasteiger charge is -2.31. The number of nitrogens with one attached hydrogen (secondary N) is 1. The van der Waals surface area contributed by atoms with E-state index in [1.165, 1.54) is 4.90 Å². The Morgan fingerprint density at radius 2 is 1.92 bits per heavy atom. The third kappa shape index (κ3) is 4.84. The van der Waals surface area contributed by atoms with E-state index in [0.717, 1.165) is 5.56 Å². The van der Waals surface area contributed by atoms with Gasteiger partial charge >= 0.3 is 17.8 Å². The van der Waals surface area contributed by atoms with Crippen LogP contribution < -0.4 is 5.32 Å². The maximum atomic E-state index is 12.6. The Balaban J connectivity index is 2.06. The average molecular weight is 360 g/mol. The molecule has 1 fully saturated rings. The monoisotopic (exact) mass is 360 g/mol. The molecule has 0 aromatic heterocycles. The summed E-state index contributed by atoms with van der Waals surface area (Å²) in [5.74, 6) is -1.94. The average Bonchev–Trinajstić information content (AvgIpc) is 2.61. The topological polar surface area (TPSA) is 75.7 Å². The largest absolute Gasteiger partial charge is 0.466 e. The van der Waals surface area contributed by atoms with Crippen LogP contribution in [-0.2, 0) is 24.5 Å². The van der Waals surface area contributed by atoms with Crippen molar-refractivity contribution in [2.75, 3.05) is 25.0 Å². The van der Waals surface area contributed by atoms with Crippen molar-refractivity contribution in [3.05, 3.63) is 29.8 Å². The van der Waals surface area contributed by atoms with Crippen LogP contribution in [0.3, 0.4) is 0 Å². The SMILES string of the molecule is CCOC(=O)C1CCCN(C(=O)C(=O)Nc2ccccc2C(C)(C)C)C1. The van der Waals surface area contributed by atoms with Crippen LogP contribution in [0, 0.1) is 5.92 Å². The van der Waals surface area contributed by atoms with Crippen LogP contribution >= 0.6 is 0 Å². The molecule has 0 aliphatic carbocycles. The number of esters is 1. The number of rotatable bonds is 3. The molecule has 1 aliphatic rings. The van der Waals surface area contributed by atoms with Crippen molar-refractivity contribution >= 4 is 23.5 Å². The molecule has 1 atom stereocenters. The van der Waals surface area contributed by atoms with Crippen molar-refractivity contribution < 1.29 is 19.1 Å². The molecular formula is C20H28N2O4. The lowest BCUT2D eigenvalue weighted by atomic mass is 9.86. The highest BCUT2D eigenvalue weighted by molar-refractivity contribution is 6.39. The Hall–Kier alpha value is -2.37. The summed E-state index contributed by atoms with van der Waals surface area (Å²) in [5.41, 5.74) is 1.44. The van der Waals surface area contributed by atoms with Crippen molar-refractivity contribution in [1.29, 1.82) is 0 Å². The molecule has 6 nitrogen and oxygen atoms in total. The van der Waals surface area contributed by atoms with Gasteiger partial charge in [0, 0.05) is 18.8 Å². The number of amides is 2. The van der Waals surface area contributed by atoms with E-state index in [9.17, 15) is 14.4 Å². The molecule has 6 heteroatoms. The number of anilines is 1. The summed E-state index contributed by atoms with van der Waals surface area (Å²) < 4.78 is 5.04. The quantitative estimate of drug-likeness (QED) is 0.664. The Morgan fingerprint density at radius 3 is 2.58 bits per heavy atom. The first kappa shape index (κ1) is 19.9. The molecule has 142 valence electrons. The first-order valence-corrected chi connectivity index (χ1v) is 9.10. The van der Waals surface area contributed by atoms with E-state index < -0.39 is 11.8 Å². The molecule has 1 aliphatic heterocycles. The maximum absolute atomic E-state index is 12.6. The highest BCUT2D eigenvalue weighted by Gasteiger charge is 2.32. The van der Waals surface area contributed by atoms with Gasteiger partial charge in [0.2, 0.25) is 0 Å². The predicted octanol–water partition coefficient (Wildman–Crippen LogP) is 2.72. The van der Waals surface area contributed by atoms with Crippen LogP contribution in [0.5, 0.6) is 0 Å². The highest BCUT2D eigenvalue weighted by Crippen LogP contribution is 2.29. The standard InChI is InChI=1S/C20H28N2O4/c1-5-26-19(25)14-9-8-12-22(13-14)18(24)17(23)21-16-11-7-6-10-15(16)20(2,3)4/h6-7,10-11,14H,5,8-9,12-13H2,1-4H3,(H,21,23). The summed E-state index contributed by atoms with van der Waals surface area (Å²) >= 11 is 0. The molecule has 2 rings (SSSR count). The van der Waals surface area contributed by atoms with Gasteiger partial charge in [-0.05, 0) is 36.8 Å². The molecule has 0 spiro atoms. The van der Waals surface area contributed by atoms with E-state index in [0.29, 0.717) is 31.7 Å². The third-order valence-electron chi connectivity index (χ3n) is 4.51. The van der Waals surface area contributed by atoms with Crippen molar-refractivity contribution in [2.45, 2.75) is 46.0 Å². The normalized spacial score (nSPS) is 17.5. The fourth-order valence-corrected chi connectivity index (χ4v) is 3.18. The van der Waals surface area contributed by atoms with Crippen molar-refractivity contribution in [3.8, 4) is 0 Å². The minimum atomic E-state index is -0.675. The maximum Gasteiger partial charge on any atom is 0.313 e. The lowest BCUT2D eigenvalue weighted by molar-refractivity contribution is -0.153. The van der Waals surface area contributed by atoms with Gasteiger partial charge in [0.25, 0.3) is 0 Å². The van der Waals surface area contributed by atoms with Gasteiger partial charge in [-0.2, -0.15) is 0 Å². The van der Waals surface area contributed by atoms with E-state index in [-0.39, 0.29) is 23.8 Å². The highest BCUT2D eigenvalue weighted by atomic mass is 16.5. The van der Waals surface area contributed by atoms with Gasteiger partial charge < -0.3 is 15.0 Å². The van der Waals surface area contributed by atoms with E-state index in [4.69, 9.17) is 4.74 Å². The van der Waals surface area contributed by atoms with Gasteiger partial charge in [0.1, 0.15) is 0 Å². The fourth-order valence-electron chi connectivity index (χ4n) is 3.18. The van der Waals surface area contributed by atoms with Gasteiger partial charge in [0.05, 0.1) is 12.5 Å². The Morgan fingerprint density at radius 1 is 1.23 bits per heavy atom. The lowest BCUT2D eigenvalue weighted by Crippen LogP contribution is -2.47. The van der Waals surface area contributed by atoms with Gasteiger partial charge in [-0.1, -0.05) is 39.0 Å². The van der Waals surface area contributed by atoms with E-state index in [1.807, 2.05) is 39.0 Å². The van der Waals surface area contributed by atoms with Crippen molar-refractivity contribution in [1.82, 2.24) is 4.90 Å². The molecule has 1 heterocycles. The third-order valence-corrected chi connectivity index (χ3v) is 4.51. The van der Waals surface area contributed by atoms with Crippen LogP contribution in [-0.4, -0.2) is 42.4 Å². The van der Waals surface area contributed by atoms with Gasteiger partial charge in [0.15, 0.2) is 0 Å². The summed E-state index contributed by atoms with van der Waals surface area (Å²) in [6, 6.07) is 7.47. The summed E-state index contributed by atoms with van der Waals surface area (Å²) in [4.78, 5) is 38.4. The molecule has 1 aromatic rings. The molecular weight excluding hydrogens is 332 g/mol. The molecule has 0 radical (unpaired) electrons. The number of piperidine rings is 1. The minimum absolute atomic E-state index is 0.160.